The van der Waals surface area contributed by atoms with E-state index in [1.165, 1.54) is 0 Å². The first-order chi connectivity index (χ1) is 6.23. The number of hydrogen-bond acceptors (Lipinski definition) is 1. The van der Waals surface area contributed by atoms with Crippen molar-refractivity contribution in [3.63, 3.8) is 0 Å². The van der Waals surface area contributed by atoms with Crippen molar-refractivity contribution < 1.29 is 9.90 Å². The molecule has 0 aromatic heterocycles. The van der Waals surface area contributed by atoms with E-state index in [0.717, 1.165) is 18.4 Å². The van der Waals surface area contributed by atoms with Crippen LogP contribution in [0.3, 0.4) is 0 Å². The van der Waals surface area contributed by atoms with Gasteiger partial charge in [-0.3, -0.25) is 4.79 Å². The molecule has 68 valence electrons. The SMILES string of the molecule is O=C(O)C1(Cc2ccccc2)CC1. The Bertz CT molecular complexity index is 312. The first kappa shape index (κ1) is 8.30. The van der Waals surface area contributed by atoms with Gasteiger partial charge in [0.05, 0.1) is 5.41 Å². The summed E-state index contributed by atoms with van der Waals surface area (Å²) in [6.45, 7) is 0. The van der Waals surface area contributed by atoms with Crippen molar-refractivity contribution in [3.05, 3.63) is 35.9 Å². The standard InChI is InChI=1S/C11H12O2/c12-10(13)11(6-7-11)8-9-4-2-1-3-5-9/h1-5H,6-8H2,(H,12,13). The summed E-state index contributed by atoms with van der Waals surface area (Å²) < 4.78 is 0. The summed E-state index contributed by atoms with van der Waals surface area (Å²) in [7, 11) is 0. The fraction of sp³-hybridized carbons (Fsp3) is 0.364. The molecule has 13 heavy (non-hydrogen) atoms. The van der Waals surface area contributed by atoms with Crippen LogP contribution in [-0.4, -0.2) is 11.1 Å². The van der Waals surface area contributed by atoms with Gasteiger partial charge in [0.1, 0.15) is 0 Å². The van der Waals surface area contributed by atoms with Gasteiger partial charge in [-0.05, 0) is 24.8 Å². The Morgan fingerprint density at radius 1 is 1.31 bits per heavy atom. The molecule has 2 rings (SSSR count). The normalized spacial score (nSPS) is 18.2. The van der Waals surface area contributed by atoms with E-state index in [0.29, 0.717) is 6.42 Å². The molecule has 0 spiro atoms. The number of carbonyl (C=O) groups is 1. The molecule has 0 atom stereocenters. The van der Waals surface area contributed by atoms with Crippen LogP contribution < -0.4 is 0 Å². The van der Waals surface area contributed by atoms with Crippen LogP contribution in [0.2, 0.25) is 0 Å². The zero-order valence-electron chi connectivity index (χ0n) is 7.36. The molecular weight excluding hydrogens is 164 g/mol. The van der Waals surface area contributed by atoms with Crippen molar-refractivity contribution in [1.82, 2.24) is 0 Å². The van der Waals surface area contributed by atoms with Gasteiger partial charge in [-0.1, -0.05) is 30.3 Å². The third-order valence-corrected chi connectivity index (χ3v) is 2.69. The molecule has 1 aliphatic rings. The second-order valence-electron chi connectivity index (χ2n) is 3.75. The molecule has 1 aromatic carbocycles. The van der Waals surface area contributed by atoms with Crippen LogP contribution in [0.4, 0.5) is 0 Å². The molecule has 1 aromatic rings. The van der Waals surface area contributed by atoms with Crippen molar-refractivity contribution in [2.75, 3.05) is 0 Å². The highest BCUT2D eigenvalue weighted by Crippen LogP contribution is 2.48. The molecule has 2 nitrogen and oxygen atoms in total. The quantitative estimate of drug-likeness (QED) is 0.765. The fourth-order valence-electron chi connectivity index (χ4n) is 1.60. The monoisotopic (exact) mass is 176 g/mol. The van der Waals surface area contributed by atoms with E-state index in [-0.39, 0.29) is 0 Å². The highest BCUT2D eigenvalue weighted by Gasteiger charge is 2.49. The van der Waals surface area contributed by atoms with E-state index >= 15 is 0 Å². The lowest BCUT2D eigenvalue weighted by atomic mass is 9.97. The molecule has 0 amide bonds. The lowest BCUT2D eigenvalue weighted by molar-refractivity contribution is -0.143. The van der Waals surface area contributed by atoms with Gasteiger partial charge in [0.2, 0.25) is 0 Å². The summed E-state index contributed by atoms with van der Waals surface area (Å²) in [6.07, 6.45) is 2.34. The van der Waals surface area contributed by atoms with Crippen molar-refractivity contribution >= 4 is 5.97 Å². The minimum Gasteiger partial charge on any atom is -0.481 e. The van der Waals surface area contributed by atoms with Gasteiger partial charge in [0, 0.05) is 0 Å². The van der Waals surface area contributed by atoms with Crippen LogP contribution in [0.25, 0.3) is 0 Å². The Balaban J connectivity index is 2.11. The number of hydrogen-bond donors (Lipinski definition) is 1. The summed E-state index contributed by atoms with van der Waals surface area (Å²) in [5, 5.41) is 8.97. The maximum absolute atomic E-state index is 10.9. The molecule has 0 saturated heterocycles. The number of aliphatic carboxylic acids is 1. The van der Waals surface area contributed by atoms with Crippen LogP contribution in [0, 0.1) is 5.41 Å². The van der Waals surface area contributed by atoms with E-state index in [4.69, 9.17) is 5.11 Å². The van der Waals surface area contributed by atoms with Crippen LogP contribution in [0.5, 0.6) is 0 Å². The van der Waals surface area contributed by atoms with Gasteiger partial charge in [-0.2, -0.15) is 0 Å². The largest absolute Gasteiger partial charge is 0.481 e. The molecule has 0 aliphatic heterocycles. The maximum Gasteiger partial charge on any atom is 0.309 e. The second-order valence-corrected chi connectivity index (χ2v) is 3.75. The molecule has 2 heteroatoms. The Morgan fingerprint density at radius 3 is 2.38 bits per heavy atom. The Hall–Kier alpha value is -1.31. The Morgan fingerprint density at radius 2 is 1.92 bits per heavy atom. The van der Waals surface area contributed by atoms with Crippen LogP contribution >= 0.6 is 0 Å². The lowest BCUT2D eigenvalue weighted by Crippen LogP contribution is -2.17. The number of rotatable bonds is 3. The average molecular weight is 176 g/mol. The molecule has 1 aliphatic carbocycles. The topological polar surface area (TPSA) is 37.3 Å². The third-order valence-electron chi connectivity index (χ3n) is 2.69. The van der Waals surface area contributed by atoms with E-state index in [2.05, 4.69) is 0 Å². The summed E-state index contributed by atoms with van der Waals surface area (Å²) in [6, 6.07) is 9.83. The fourth-order valence-corrected chi connectivity index (χ4v) is 1.60. The van der Waals surface area contributed by atoms with E-state index in [1.807, 2.05) is 30.3 Å². The molecule has 1 fully saturated rings. The molecule has 0 unspecified atom stereocenters. The molecular formula is C11H12O2. The van der Waals surface area contributed by atoms with Gasteiger partial charge < -0.3 is 5.11 Å². The van der Waals surface area contributed by atoms with Gasteiger partial charge in [0.15, 0.2) is 0 Å². The maximum atomic E-state index is 10.9. The predicted molar refractivity (Wildman–Crippen MR) is 49.4 cm³/mol. The summed E-state index contributed by atoms with van der Waals surface area (Å²) in [5.74, 6) is -0.642. The minimum atomic E-state index is -0.642. The summed E-state index contributed by atoms with van der Waals surface area (Å²) >= 11 is 0. The van der Waals surface area contributed by atoms with Crippen molar-refractivity contribution in [1.29, 1.82) is 0 Å². The van der Waals surface area contributed by atoms with E-state index < -0.39 is 11.4 Å². The molecule has 1 N–H and O–H groups in total. The molecule has 0 bridgehead atoms. The van der Waals surface area contributed by atoms with Crippen LogP contribution in [0.1, 0.15) is 18.4 Å². The number of carboxylic acids is 1. The molecule has 0 radical (unpaired) electrons. The smallest absolute Gasteiger partial charge is 0.309 e. The van der Waals surface area contributed by atoms with Crippen molar-refractivity contribution in [2.24, 2.45) is 5.41 Å². The van der Waals surface area contributed by atoms with E-state index in [1.54, 1.807) is 0 Å². The lowest BCUT2D eigenvalue weighted by Gasteiger charge is -2.08. The Labute approximate surface area is 77.2 Å². The van der Waals surface area contributed by atoms with Crippen LogP contribution in [-0.2, 0) is 11.2 Å². The van der Waals surface area contributed by atoms with E-state index in [9.17, 15) is 4.79 Å². The Kier molecular flexibility index (Phi) is 1.83. The average Bonchev–Trinajstić information content (AvgIpc) is 2.87. The summed E-state index contributed by atoms with van der Waals surface area (Å²) in [5.41, 5.74) is 0.698. The first-order valence-electron chi connectivity index (χ1n) is 4.50. The van der Waals surface area contributed by atoms with Crippen LogP contribution in [0.15, 0.2) is 30.3 Å². The van der Waals surface area contributed by atoms with Gasteiger partial charge in [0.25, 0.3) is 0 Å². The number of carboxylic acid groups (broad SMARTS) is 1. The van der Waals surface area contributed by atoms with Gasteiger partial charge in [-0.15, -0.1) is 0 Å². The van der Waals surface area contributed by atoms with Crippen molar-refractivity contribution in [2.45, 2.75) is 19.3 Å². The summed E-state index contributed by atoms with van der Waals surface area (Å²) in [4.78, 5) is 10.9. The van der Waals surface area contributed by atoms with Gasteiger partial charge in [-0.25, -0.2) is 0 Å². The molecule has 0 heterocycles. The predicted octanol–water partition coefficient (Wildman–Crippen LogP) is 2.09. The molecule has 1 saturated carbocycles. The zero-order valence-corrected chi connectivity index (χ0v) is 7.36. The van der Waals surface area contributed by atoms with Crippen molar-refractivity contribution in [3.8, 4) is 0 Å². The second kappa shape index (κ2) is 2.87. The highest BCUT2D eigenvalue weighted by atomic mass is 16.4. The van der Waals surface area contributed by atoms with Gasteiger partial charge >= 0.3 is 5.97 Å². The highest BCUT2D eigenvalue weighted by molar-refractivity contribution is 5.78. The number of benzene rings is 1. The minimum absolute atomic E-state index is 0.429. The zero-order chi connectivity index (χ0) is 9.31. The third kappa shape index (κ3) is 1.57. The first-order valence-corrected chi connectivity index (χ1v) is 4.50.